The van der Waals surface area contributed by atoms with Crippen LogP contribution in [0, 0.1) is 17.8 Å². The van der Waals surface area contributed by atoms with E-state index >= 15 is 0 Å². The lowest BCUT2D eigenvalue weighted by molar-refractivity contribution is -0.136. The van der Waals surface area contributed by atoms with Crippen LogP contribution in [0.2, 0.25) is 0 Å². The fourth-order valence-corrected chi connectivity index (χ4v) is 3.09. The summed E-state index contributed by atoms with van der Waals surface area (Å²) in [6.45, 7) is 9.56. The van der Waals surface area contributed by atoms with Crippen molar-refractivity contribution in [3.63, 3.8) is 0 Å². The van der Waals surface area contributed by atoms with Crippen LogP contribution in [0.3, 0.4) is 0 Å². The topological polar surface area (TPSA) is 60.8 Å². The molecule has 0 aromatic carbocycles. The summed E-state index contributed by atoms with van der Waals surface area (Å²) in [6, 6.07) is 0. The van der Waals surface area contributed by atoms with Crippen LogP contribution in [0.25, 0.3) is 0 Å². The van der Waals surface area contributed by atoms with Crippen molar-refractivity contribution in [1.82, 2.24) is 4.90 Å². The van der Waals surface area contributed by atoms with Gasteiger partial charge >= 0.3 is 0 Å². The van der Waals surface area contributed by atoms with E-state index in [9.17, 15) is 15.0 Å². The molecular weight excluding hydrogens is 230 g/mol. The van der Waals surface area contributed by atoms with E-state index in [4.69, 9.17) is 0 Å². The molecule has 0 aromatic rings. The molecule has 0 radical (unpaired) electrons. The third kappa shape index (κ3) is 2.54. The summed E-state index contributed by atoms with van der Waals surface area (Å²) >= 11 is 0. The van der Waals surface area contributed by atoms with Gasteiger partial charge in [-0.2, -0.15) is 0 Å². The summed E-state index contributed by atoms with van der Waals surface area (Å²) in [5.74, 6) is 0.325. The molecule has 0 bridgehead atoms. The summed E-state index contributed by atoms with van der Waals surface area (Å²) in [7, 11) is 1.75. The number of carbonyl (C=O) groups is 1. The van der Waals surface area contributed by atoms with Crippen LogP contribution in [0.4, 0.5) is 0 Å². The molecule has 0 unspecified atom stereocenters. The fourth-order valence-electron chi connectivity index (χ4n) is 3.09. The highest BCUT2D eigenvalue weighted by Crippen LogP contribution is 2.43. The number of amides is 1. The number of carbonyl (C=O) groups excluding carboxylic acids is 1. The fraction of sp³-hybridized carbons (Fsp3) is 0.929. The van der Waals surface area contributed by atoms with Crippen LogP contribution in [-0.2, 0) is 4.79 Å². The Morgan fingerprint density at radius 1 is 1.28 bits per heavy atom. The van der Waals surface area contributed by atoms with Crippen LogP contribution in [0.5, 0.6) is 0 Å². The van der Waals surface area contributed by atoms with E-state index in [0.717, 1.165) is 6.42 Å². The van der Waals surface area contributed by atoms with Gasteiger partial charge in [0.1, 0.15) is 0 Å². The Balaban J connectivity index is 2.94. The molecule has 0 heterocycles. The van der Waals surface area contributed by atoms with Crippen molar-refractivity contribution < 1.29 is 15.0 Å². The summed E-state index contributed by atoms with van der Waals surface area (Å²) in [4.78, 5) is 13.2. The second-order valence-electron chi connectivity index (χ2n) is 6.46. The standard InChI is InChI=1S/C14H27NO3/c1-8(2)10-7-11(13(18)12(10)17)14(4,5)15(6)9(3)16/h8,10-13,17-18H,7H2,1-6H3/t10-,11-,12-,13+/m0/s1. The molecule has 4 atom stereocenters. The summed E-state index contributed by atoms with van der Waals surface area (Å²) in [5.41, 5.74) is -0.449. The molecule has 2 N–H and O–H groups in total. The molecule has 1 aliphatic rings. The molecule has 1 aliphatic carbocycles. The van der Waals surface area contributed by atoms with Crippen molar-refractivity contribution in [2.24, 2.45) is 17.8 Å². The molecule has 0 aliphatic heterocycles. The highest BCUT2D eigenvalue weighted by molar-refractivity contribution is 5.73. The maximum absolute atomic E-state index is 11.5. The molecule has 4 nitrogen and oxygen atoms in total. The Hall–Kier alpha value is -0.610. The van der Waals surface area contributed by atoms with Gasteiger partial charge in [-0.25, -0.2) is 0 Å². The lowest BCUT2D eigenvalue weighted by atomic mass is 9.82. The van der Waals surface area contributed by atoms with Gasteiger partial charge in [-0.1, -0.05) is 13.8 Å². The van der Waals surface area contributed by atoms with Crippen LogP contribution < -0.4 is 0 Å². The summed E-state index contributed by atoms with van der Waals surface area (Å²) < 4.78 is 0. The molecule has 18 heavy (non-hydrogen) atoms. The minimum atomic E-state index is -0.755. The molecule has 1 amide bonds. The molecule has 1 saturated carbocycles. The van der Waals surface area contributed by atoms with Crippen LogP contribution >= 0.6 is 0 Å². The van der Waals surface area contributed by atoms with E-state index in [1.165, 1.54) is 6.92 Å². The van der Waals surface area contributed by atoms with Crippen molar-refractivity contribution >= 4 is 5.91 Å². The molecule has 1 fully saturated rings. The second kappa shape index (κ2) is 5.17. The molecule has 0 saturated heterocycles. The van der Waals surface area contributed by atoms with Crippen LogP contribution in [-0.4, -0.2) is 45.8 Å². The molecule has 106 valence electrons. The minimum absolute atomic E-state index is 0.0188. The van der Waals surface area contributed by atoms with E-state index < -0.39 is 17.7 Å². The average Bonchev–Trinajstić information content (AvgIpc) is 2.55. The van der Waals surface area contributed by atoms with Gasteiger partial charge in [0.05, 0.1) is 12.2 Å². The van der Waals surface area contributed by atoms with Gasteiger partial charge < -0.3 is 15.1 Å². The van der Waals surface area contributed by atoms with Gasteiger partial charge in [-0.05, 0) is 32.1 Å². The van der Waals surface area contributed by atoms with Crippen LogP contribution in [0.1, 0.15) is 41.0 Å². The third-order valence-corrected chi connectivity index (χ3v) is 4.83. The van der Waals surface area contributed by atoms with E-state index in [2.05, 4.69) is 13.8 Å². The number of aliphatic hydroxyl groups excluding tert-OH is 2. The Morgan fingerprint density at radius 3 is 2.11 bits per heavy atom. The second-order valence-corrected chi connectivity index (χ2v) is 6.46. The maximum Gasteiger partial charge on any atom is 0.219 e. The number of nitrogens with zero attached hydrogens (tertiary/aromatic N) is 1. The Morgan fingerprint density at radius 2 is 1.78 bits per heavy atom. The third-order valence-electron chi connectivity index (χ3n) is 4.83. The van der Waals surface area contributed by atoms with Gasteiger partial charge in [0.25, 0.3) is 0 Å². The molecule has 1 rings (SSSR count). The van der Waals surface area contributed by atoms with Gasteiger partial charge in [-0.3, -0.25) is 4.79 Å². The number of hydrogen-bond acceptors (Lipinski definition) is 3. The molecular formula is C14H27NO3. The Bertz CT molecular complexity index is 314. The average molecular weight is 257 g/mol. The highest BCUT2D eigenvalue weighted by atomic mass is 16.3. The largest absolute Gasteiger partial charge is 0.390 e. The first kappa shape index (κ1) is 15.4. The molecule has 0 spiro atoms. The van der Waals surface area contributed by atoms with Gasteiger partial charge in [-0.15, -0.1) is 0 Å². The summed E-state index contributed by atoms with van der Waals surface area (Å²) in [6.07, 6.45) is -0.686. The molecule has 4 heteroatoms. The number of aliphatic hydroxyl groups is 2. The quantitative estimate of drug-likeness (QED) is 0.800. The van der Waals surface area contributed by atoms with Crippen molar-refractivity contribution in [2.45, 2.75) is 58.8 Å². The SMILES string of the molecule is CC(=O)N(C)C(C)(C)[C@H]1C[C@@H](C(C)C)[C@H](O)[C@@H]1O. The van der Waals surface area contributed by atoms with Gasteiger partial charge in [0.15, 0.2) is 0 Å². The Kier molecular flexibility index (Phi) is 4.44. The predicted octanol–water partition coefficient (Wildman–Crippen LogP) is 1.26. The van der Waals surface area contributed by atoms with Gasteiger partial charge in [0, 0.05) is 25.4 Å². The summed E-state index contributed by atoms with van der Waals surface area (Å²) in [5, 5.41) is 20.4. The lowest BCUT2D eigenvalue weighted by Crippen LogP contribution is -2.52. The zero-order valence-electron chi connectivity index (χ0n) is 12.3. The first-order chi connectivity index (χ1) is 8.10. The monoisotopic (exact) mass is 257 g/mol. The normalized spacial score (nSPS) is 32.9. The Labute approximate surface area is 110 Å². The van der Waals surface area contributed by atoms with Gasteiger partial charge in [0.2, 0.25) is 5.91 Å². The maximum atomic E-state index is 11.5. The van der Waals surface area contributed by atoms with Crippen molar-refractivity contribution in [3.05, 3.63) is 0 Å². The van der Waals surface area contributed by atoms with Crippen molar-refractivity contribution in [2.75, 3.05) is 7.05 Å². The lowest BCUT2D eigenvalue weighted by Gasteiger charge is -2.41. The van der Waals surface area contributed by atoms with E-state index in [1.807, 2.05) is 13.8 Å². The van der Waals surface area contributed by atoms with Crippen molar-refractivity contribution in [3.8, 4) is 0 Å². The van der Waals surface area contributed by atoms with Crippen LogP contribution in [0.15, 0.2) is 0 Å². The highest BCUT2D eigenvalue weighted by Gasteiger charge is 2.50. The smallest absolute Gasteiger partial charge is 0.219 e. The first-order valence-electron chi connectivity index (χ1n) is 6.71. The zero-order chi connectivity index (χ0) is 14.2. The molecule has 0 aromatic heterocycles. The van der Waals surface area contributed by atoms with E-state index in [-0.39, 0.29) is 17.7 Å². The number of hydrogen-bond donors (Lipinski definition) is 2. The van der Waals surface area contributed by atoms with E-state index in [1.54, 1.807) is 11.9 Å². The predicted molar refractivity (Wildman–Crippen MR) is 71.0 cm³/mol. The number of rotatable bonds is 3. The van der Waals surface area contributed by atoms with Crippen molar-refractivity contribution in [1.29, 1.82) is 0 Å². The minimum Gasteiger partial charge on any atom is -0.390 e. The first-order valence-corrected chi connectivity index (χ1v) is 6.71. The zero-order valence-corrected chi connectivity index (χ0v) is 12.3. The van der Waals surface area contributed by atoms with E-state index in [0.29, 0.717) is 5.92 Å².